The summed E-state index contributed by atoms with van der Waals surface area (Å²) in [6.07, 6.45) is 11.8. The molecule has 0 spiro atoms. The van der Waals surface area contributed by atoms with Crippen molar-refractivity contribution >= 4 is 5.57 Å². The maximum Gasteiger partial charge on any atom is -0.0183 e. The van der Waals surface area contributed by atoms with Crippen LogP contribution in [0.4, 0.5) is 0 Å². The molecule has 0 aromatic heterocycles. The second-order valence-corrected chi connectivity index (χ2v) is 12.3. The molecule has 0 saturated carbocycles. The SMILES string of the molecule is C=C(C)CCC.C=C(c1ccccc1)c1ccc(C)cc1.CC.CC.CC.CCCC(C)(C)C.CCCC(C)C.CCCCC.CN. The molecule has 280 valence electrons. The second kappa shape index (κ2) is 50.7. The van der Waals surface area contributed by atoms with Crippen LogP contribution in [0.5, 0.6) is 0 Å². The fourth-order valence-electron chi connectivity index (χ4n) is 3.67. The molecule has 0 aliphatic rings. The molecule has 0 atom stereocenters. The molecule has 47 heavy (non-hydrogen) atoms. The predicted molar refractivity (Wildman–Crippen MR) is 229 cm³/mol. The summed E-state index contributed by atoms with van der Waals surface area (Å²) in [5.41, 5.74) is 11.1. The van der Waals surface area contributed by atoms with Crippen LogP contribution in [0.15, 0.2) is 73.3 Å². The summed E-state index contributed by atoms with van der Waals surface area (Å²) in [6, 6.07) is 18.7. The second-order valence-electron chi connectivity index (χ2n) is 12.3. The zero-order chi connectivity index (χ0) is 38.7. The van der Waals surface area contributed by atoms with Gasteiger partial charge in [0.25, 0.3) is 0 Å². The van der Waals surface area contributed by atoms with E-state index >= 15 is 0 Å². The Labute approximate surface area is 301 Å². The normalized spacial score (nSPS) is 8.70. The minimum absolute atomic E-state index is 0.550. The molecule has 1 heteroatoms. The topological polar surface area (TPSA) is 26.0 Å². The van der Waals surface area contributed by atoms with Crippen molar-refractivity contribution < 1.29 is 0 Å². The molecule has 0 bridgehead atoms. The van der Waals surface area contributed by atoms with E-state index in [4.69, 9.17) is 0 Å². The lowest BCUT2D eigenvalue weighted by molar-refractivity contribution is 0.373. The molecule has 1 nitrogen and oxygen atoms in total. The minimum atomic E-state index is 0.550. The Bertz CT molecular complexity index is 789. The van der Waals surface area contributed by atoms with Gasteiger partial charge in [-0.1, -0.05) is 228 Å². The van der Waals surface area contributed by atoms with Gasteiger partial charge < -0.3 is 5.73 Å². The molecule has 2 aromatic carbocycles. The van der Waals surface area contributed by atoms with Crippen molar-refractivity contribution in [2.24, 2.45) is 17.1 Å². The van der Waals surface area contributed by atoms with Gasteiger partial charge in [0.2, 0.25) is 0 Å². The Morgan fingerprint density at radius 2 is 1.04 bits per heavy atom. The molecule has 2 rings (SSSR count). The van der Waals surface area contributed by atoms with Crippen LogP contribution in [0.3, 0.4) is 0 Å². The van der Waals surface area contributed by atoms with Crippen LogP contribution in [0, 0.1) is 18.3 Å². The lowest BCUT2D eigenvalue weighted by Crippen LogP contribution is -2.02. The zero-order valence-electron chi connectivity index (χ0n) is 36.1. The van der Waals surface area contributed by atoms with Gasteiger partial charge in [0.05, 0.1) is 0 Å². The monoisotopic (exact) mass is 658 g/mol. The van der Waals surface area contributed by atoms with Gasteiger partial charge in [-0.2, -0.15) is 0 Å². The Balaban J connectivity index is -0.0000000862. The highest BCUT2D eigenvalue weighted by Gasteiger charge is 2.06. The van der Waals surface area contributed by atoms with E-state index in [1.165, 1.54) is 87.1 Å². The molecule has 0 amide bonds. The van der Waals surface area contributed by atoms with Gasteiger partial charge in [-0.25, -0.2) is 0 Å². The summed E-state index contributed by atoms with van der Waals surface area (Å²) in [5, 5.41) is 0. The van der Waals surface area contributed by atoms with Crippen molar-refractivity contribution in [2.45, 2.75) is 182 Å². The van der Waals surface area contributed by atoms with Crippen LogP contribution in [0.25, 0.3) is 5.57 Å². The molecule has 0 fully saturated rings. The molecule has 0 aliphatic heterocycles. The molecule has 2 aromatic rings. The summed E-state index contributed by atoms with van der Waals surface area (Å²) < 4.78 is 0. The van der Waals surface area contributed by atoms with Crippen molar-refractivity contribution in [1.82, 2.24) is 0 Å². The van der Waals surface area contributed by atoms with Crippen LogP contribution in [0.2, 0.25) is 0 Å². The zero-order valence-corrected chi connectivity index (χ0v) is 36.1. The maximum atomic E-state index is 4.50. The van der Waals surface area contributed by atoms with Crippen molar-refractivity contribution in [3.63, 3.8) is 0 Å². The van der Waals surface area contributed by atoms with Crippen molar-refractivity contribution in [3.05, 3.63) is 90.0 Å². The maximum absolute atomic E-state index is 4.50. The average Bonchev–Trinajstić information content (AvgIpc) is 3.06. The van der Waals surface area contributed by atoms with E-state index in [-0.39, 0.29) is 0 Å². The van der Waals surface area contributed by atoms with Crippen molar-refractivity contribution in [3.8, 4) is 0 Å². The third-order valence-corrected chi connectivity index (χ3v) is 5.77. The highest BCUT2D eigenvalue weighted by Crippen LogP contribution is 2.21. The van der Waals surface area contributed by atoms with E-state index in [1.807, 2.05) is 59.7 Å². The largest absolute Gasteiger partial charge is 0.333 e. The molecule has 0 heterocycles. The van der Waals surface area contributed by atoms with E-state index in [9.17, 15) is 0 Å². The standard InChI is InChI=1S/C15H14.C7H16.C6H14.C6H12.C5H12.3C2H6.CH5N/c1-12-8-10-15(11-9-12)13(2)14-6-4-3-5-7-14;1-5-6-7(2,3)4;2*1-4-5-6(2)3;1-3-5-4-2;4*1-2/h3-11H,2H2,1H3;5-6H2,1-4H3;6H,4-5H2,1-3H3;2,4-5H2,1,3H3;3-5H2,1-2H3;3*1-2H3;2H2,1H3. The van der Waals surface area contributed by atoms with Crippen LogP contribution in [0.1, 0.15) is 192 Å². The van der Waals surface area contributed by atoms with E-state index in [0.29, 0.717) is 5.41 Å². The Hall–Kier alpha value is -2.12. The molecule has 0 unspecified atom stereocenters. The molecule has 0 saturated heterocycles. The van der Waals surface area contributed by atoms with Crippen molar-refractivity contribution in [1.29, 1.82) is 0 Å². The summed E-state index contributed by atoms with van der Waals surface area (Å²) in [4.78, 5) is 0. The van der Waals surface area contributed by atoms with Crippen LogP contribution in [-0.2, 0) is 0 Å². The Morgan fingerprint density at radius 3 is 1.23 bits per heavy atom. The molecule has 0 radical (unpaired) electrons. The lowest BCUT2D eigenvalue weighted by atomic mass is 9.91. The first kappa shape index (κ1) is 60.2. The van der Waals surface area contributed by atoms with Gasteiger partial charge in [-0.15, -0.1) is 6.58 Å². The van der Waals surface area contributed by atoms with Crippen LogP contribution >= 0.6 is 0 Å². The fourth-order valence-corrected chi connectivity index (χ4v) is 3.67. The molecule has 0 aliphatic carbocycles. The van der Waals surface area contributed by atoms with Gasteiger partial charge >= 0.3 is 0 Å². The first-order valence-corrected chi connectivity index (χ1v) is 19.3. The van der Waals surface area contributed by atoms with Crippen LogP contribution in [-0.4, -0.2) is 7.05 Å². The van der Waals surface area contributed by atoms with Gasteiger partial charge in [-0.05, 0) is 61.8 Å². The number of aryl methyl sites for hydroxylation is 1. The quantitative estimate of drug-likeness (QED) is 0.267. The third-order valence-electron chi connectivity index (χ3n) is 5.77. The average molecular weight is 658 g/mol. The predicted octanol–water partition coefficient (Wildman–Crippen LogP) is 16.5. The number of hydrogen-bond donors (Lipinski definition) is 1. The molecule has 2 N–H and O–H groups in total. The summed E-state index contributed by atoms with van der Waals surface area (Å²) in [5.74, 6) is 0.898. The first-order chi connectivity index (χ1) is 22.3. The summed E-state index contributed by atoms with van der Waals surface area (Å²) >= 11 is 0. The fraction of sp³-hybridized carbons (Fsp3) is 0.652. The molecular weight excluding hydrogens is 567 g/mol. The first-order valence-electron chi connectivity index (χ1n) is 19.3. The van der Waals surface area contributed by atoms with Gasteiger partial charge in [0.15, 0.2) is 0 Å². The lowest BCUT2D eigenvalue weighted by Gasteiger charge is -2.15. The highest BCUT2D eigenvalue weighted by molar-refractivity contribution is 5.77. The van der Waals surface area contributed by atoms with Gasteiger partial charge in [-0.3, -0.25) is 0 Å². The van der Waals surface area contributed by atoms with E-state index in [0.717, 1.165) is 11.5 Å². The van der Waals surface area contributed by atoms with E-state index < -0.39 is 0 Å². The summed E-state index contributed by atoms with van der Waals surface area (Å²) in [6.45, 7) is 46.4. The number of hydrogen-bond acceptors (Lipinski definition) is 1. The molecular formula is C46H91N. The van der Waals surface area contributed by atoms with Gasteiger partial charge in [0.1, 0.15) is 0 Å². The minimum Gasteiger partial charge on any atom is -0.333 e. The smallest absolute Gasteiger partial charge is 0.0183 e. The van der Waals surface area contributed by atoms with E-state index in [2.05, 4.69) is 138 Å². The number of unbranched alkanes of at least 4 members (excludes halogenated alkanes) is 2. The number of nitrogens with two attached hydrogens (primary N) is 1. The Morgan fingerprint density at radius 1 is 0.638 bits per heavy atom. The highest BCUT2D eigenvalue weighted by atomic mass is 14.4. The van der Waals surface area contributed by atoms with E-state index in [1.54, 1.807) is 0 Å². The number of rotatable bonds is 9. The third kappa shape index (κ3) is 59.8. The number of benzene rings is 2. The van der Waals surface area contributed by atoms with Crippen LogP contribution < -0.4 is 5.73 Å². The Kier molecular flexibility index (Phi) is 65.0. The van der Waals surface area contributed by atoms with Crippen molar-refractivity contribution in [2.75, 3.05) is 7.05 Å². The summed E-state index contributed by atoms with van der Waals surface area (Å²) in [7, 11) is 1.50. The number of allylic oxidation sites excluding steroid dienone is 1. The van der Waals surface area contributed by atoms with Gasteiger partial charge in [0, 0.05) is 0 Å².